The average molecular weight is 359 g/mol. The summed E-state index contributed by atoms with van der Waals surface area (Å²) >= 11 is 0. The first-order valence-corrected chi connectivity index (χ1v) is 8.84. The molecular formula is C19H25N3O4. The van der Waals surface area contributed by atoms with Crippen molar-refractivity contribution in [2.24, 2.45) is 5.41 Å². The van der Waals surface area contributed by atoms with Crippen LogP contribution < -0.4 is 10.2 Å². The second kappa shape index (κ2) is 6.39. The van der Waals surface area contributed by atoms with E-state index in [0.717, 1.165) is 0 Å². The molecule has 26 heavy (non-hydrogen) atoms. The van der Waals surface area contributed by atoms with E-state index < -0.39 is 17.0 Å². The van der Waals surface area contributed by atoms with Gasteiger partial charge in [0.25, 0.3) is 5.91 Å². The van der Waals surface area contributed by atoms with Gasteiger partial charge in [-0.15, -0.1) is 0 Å². The topological polar surface area (TPSA) is 90.0 Å². The molecule has 140 valence electrons. The maximum absolute atomic E-state index is 13.2. The van der Waals surface area contributed by atoms with Gasteiger partial charge in [-0.3, -0.25) is 19.8 Å². The van der Waals surface area contributed by atoms with Gasteiger partial charge in [-0.1, -0.05) is 26.0 Å². The van der Waals surface area contributed by atoms with Crippen molar-refractivity contribution in [1.29, 1.82) is 0 Å². The van der Waals surface area contributed by atoms with Crippen molar-refractivity contribution in [2.45, 2.75) is 39.2 Å². The lowest BCUT2D eigenvalue weighted by Gasteiger charge is -2.48. The van der Waals surface area contributed by atoms with E-state index in [0.29, 0.717) is 30.8 Å². The van der Waals surface area contributed by atoms with E-state index in [4.69, 9.17) is 0 Å². The number of aliphatic hydroxyl groups is 1. The van der Waals surface area contributed by atoms with Gasteiger partial charge >= 0.3 is 6.03 Å². The van der Waals surface area contributed by atoms with Crippen LogP contribution in [0, 0.1) is 5.41 Å². The highest BCUT2D eigenvalue weighted by molar-refractivity contribution is 6.09. The molecule has 3 rings (SSSR count). The van der Waals surface area contributed by atoms with Gasteiger partial charge in [0.1, 0.15) is 0 Å². The minimum Gasteiger partial charge on any atom is -0.389 e. The van der Waals surface area contributed by atoms with Crippen molar-refractivity contribution in [2.75, 3.05) is 24.5 Å². The average Bonchev–Trinajstić information content (AvgIpc) is 2.57. The van der Waals surface area contributed by atoms with Gasteiger partial charge in [0.2, 0.25) is 5.91 Å². The zero-order valence-corrected chi connectivity index (χ0v) is 15.4. The SMILES string of the molecule is CC1(C)CN(C(=O)c2ccccc2N2CCC(=O)NC2=O)CC[C@]1(C)O. The number of hydrogen-bond acceptors (Lipinski definition) is 4. The Morgan fingerprint density at radius 3 is 2.50 bits per heavy atom. The van der Waals surface area contributed by atoms with Crippen LogP contribution in [0.5, 0.6) is 0 Å². The number of carbonyl (C=O) groups is 3. The van der Waals surface area contributed by atoms with Crippen LogP contribution in [0.1, 0.15) is 44.0 Å². The predicted octanol–water partition coefficient (Wildman–Crippen LogP) is 1.76. The van der Waals surface area contributed by atoms with Crippen molar-refractivity contribution < 1.29 is 19.5 Å². The molecule has 0 unspecified atom stereocenters. The Balaban J connectivity index is 1.87. The number of urea groups is 1. The number of para-hydroxylation sites is 1. The molecule has 4 amide bonds. The molecule has 2 aliphatic rings. The highest BCUT2D eigenvalue weighted by Gasteiger charge is 2.45. The summed E-state index contributed by atoms with van der Waals surface area (Å²) in [4.78, 5) is 39.9. The van der Waals surface area contributed by atoms with E-state index >= 15 is 0 Å². The molecule has 0 radical (unpaired) electrons. The van der Waals surface area contributed by atoms with E-state index in [1.807, 2.05) is 13.8 Å². The van der Waals surface area contributed by atoms with Gasteiger partial charge in [0.15, 0.2) is 0 Å². The van der Waals surface area contributed by atoms with Crippen LogP contribution in [-0.2, 0) is 4.79 Å². The summed E-state index contributed by atoms with van der Waals surface area (Å²) in [6.45, 7) is 6.82. The Kier molecular flexibility index (Phi) is 4.52. The third-order valence-corrected chi connectivity index (χ3v) is 5.68. The summed E-state index contributed by atoms with van der Waals surface area (Å²) in [6, 6.07) is 6.42. The normalized spacial score (nSPS) is 25.8. The van der Waals surface area contributed by atoms with Crippen LogP contribution in [0.3, 0.4) is 0 Å². The maximum atomic E-state index is 13.2. The number of benzene rings is 1. The van der Waals surface area contributed by atoms with Gasteiger partial charge in [-0.25, -0.2) is 4.79 Å². The molecule has 0 aliphatic carbocycles. The van der Waals surface area contributed by atoms with E-state index in [-0.39, 0.29) is 24.8 Å². The molecule has 7 heteroatoms. The van der Waals surface area contributed by atoms with Crippen LogP contribution in [0.2, 0.25) is 0 Å². The Bertz CT molecular complexity index is 757. The lowest BCUT2D eigenvalue weighted by atomic mass is 9.71. The van der Waals surface area contributed by atoms with Crippen molar-refractivity contribution >= 4 is 23.5 Å². The molecule has 0 saturated carbocycles. The number of rotatable bonds is 2. The summed E-state index contributed by atoms with van der Waals surface area (Å²) in [6.07, 6.45) is 0.695. The Hall–Kier alpha value is -2.41. The first kappa shape index (κ1) is 18.4. The standard InChI is InChI=1S/C19H25N3O4/c1-18(2)12-21(11-9-19(18,3)26)16(24)13-6-4-5-7-14(13)22-10-8-15(23)20-17(22)25/h4-7,26H,8-12H2,1-3H3,(H,20,23,25)/t19-/m0/s1. The largest absolute Gasteiger partial charge is 0.389 e. The molecule has 7 nitrogen and oxygen atoms in total. The summed E-state index contributed by atoms with van der Waals surface area (Å²) in [5.74, 6) is -0.482. The second-order valence-corrected chi connectivity index (χ2v) is 7.91. The van der Waals surface area contributed by atoms with Gasteiger partial charge < -0.3 is 10.0 Å². The fraction of sp³-hybridized carbons (Fsp3) is 0.526. The van der Waals surface area contributed by atoms with E-state index in [2.05, 4.69) is 5.32 Å². The summed E-state index contributed by atoms with van der Waals surface area (Å²) in [5.41, 5.74) is -0.353. The molecule has 2 heterocycles. The minimum atomic E-state index is -0.837. The quantitative estimate of drug-likeness (QED) is 0.842. The molecule has 2 saturated heterocycles. The van der Waals surface area contributed by atoms with Crippen molar-refractivity contribution in [1.82, 2.24) is 10.2 Å². The molecule has 1 aromatic rings. The van der Waals surface area contributed by atoms with Gasteiger partial charge in [0, 0.05) is 31.5 Å². The Morgan fingerprint density at radius 2 is 1.85 bits per heavy atom. The molecule has 1 atom stereocenters. The number of piperidine rings is 1. The second-order valence-electron chi connectivity index (χ2n) is 7.91. The van der Waals surface area contributed by atoms with Crippen LogP contribution in [-0.4, -0.2) is 53.1 Å². The number of likely N-dealkylation sites (tertiary alicyclic amines) is 1. The third-order valence-electron chi connectivity index (χ3n) is 5.68. The number of carbonyl (C=O) groups excluding carboxylic acids is 3. The summed E-state index contributed by atoms with van der Waals surface area (Å²) in [7, 11) is 0. The Morgan fingerprint density at radius 1 is 1.15 bits per heavy atom. The molecule has 0 spiro atoms. The molecule has 1 aromatic carbocycles. The zero-order chi connectivity index (χ0) is 19.1. The molecular weight excluding hydrogens is 334 g/mol. The van der Waals surface area contributed by atoms with E-state index in [9.17, 15) is 19.5 Å². The van der Waals surface area contributed by atoms with Crippen LogP contribution in [0.15, 0.2) is 24.3 Å². The van der Waals surface area contributed by atoms with Gasteiger partial charge in [-0.2, -0.15) is 0 Å². The number of imide groups is 1. The minimum absolute atomic E-state index is 0.172. The number of nitrogens with one attached hydrogen (secondary N) is 1. The molecule has 2 aliphatic heterocycles. The highest BCUT2D eigenvalue weighted by Crippen LogP contribution is 2.39. The molecule has 2 fully saturated rings. The molecule has 0 bridgehead atoms. The predicted molar refractivity (Wildman–Crippen MR) is 96.9 cm³/mol. The molecule has 0 aromatic heterocycles. The van der Waals surface area contributed by atoms with Crippen LogP contribution >= 0.6 is 0 Å². The van der Waals surface area contributed by atoms with Gasteiger partial charge in [0.05, 0.1) is 16.9 Å². The van der Waals surface area contributed by atoms with Gasteiger partial charge in [-0.05, 0) is 25.5 Å². The lowest BCUT2D eigenvalue weighted by Crippen LogP contribution is -2.57. The Labute approximate surface area is 153 Å². The molecule has 2 N–H and O–H groups in total. The van der Waals surface area contributed by atoms with E-state index in [1.54, 1.807) is 36.1 Å². The zero-order valence-electron chi connectivity index (χ0n) is 15.4. The fourth-order valence-electron chi connectivity index (χ4n) is 3.45. The number of amides is 4. The van der Waals surface area contributed by atoms with Crippen molar-refractivity contribution in [3.63, 3.8) is 0 Å². The van der Waals surface area contributed by atoms with E-state index in [1.165, 1.54) is 4.90 Å². The smallest absolute Gasteiger partial charge is 0.328 e. The monoisotopic (exact) mass is 359 g/mol. The summed E-state index contributed by atoms with van der Waals surface area (Å²) in [5, 5.41) is 12.8. The first-order valence-electron chi connectivity index (χ1n) is 8.84. The number of nitrogens with zero attached hydrogens (tertiary/aromatic N) is 2. The van der Waals surface area contributed by atoms with Crippen molar-refractivity contribution in [3.8, 4) is 0 Å². The van der Waals surface area contributed by atoms with Crippen LogP contribution in [0.4, 0.5) is 10.5 Å². The fourth-order valence-corrected chi connectivity index (χ4v) is 3.45. The first-order chi connectivity index (χ1) is 12.1. The number of anilines is 1. The summed E-state index contributed by atoms with van der Waals surface area (Å²) < 4.78 is 0. The lowest BCUT2D eigenvalue weighted by molar-refractivity contribution is -0.120. The number of hydrogen-bond donors (Lipinski definition) is 2. The maximum Gasteiger partial charge on any atom is 0.328 e. The van der Waals surface area contributed by atoms with Crippen molar-refractivity contribution in [3.05, 3.63) is 29.8 Å². The third kappa shape index (κ3) is 3.19. The highest BCUT2D eigenvalue weighted by atomic mass is 16.3. The van der Waals surface area contributed by atoms with Crippen LogP contribution in [0.25, 0.3) is 0 Å².